The van der Waals surface area contributed by atoms with Gasteiger partial charge in [0.15, 0.2) is 12.2 Å². The van der Waals surface area contributed by atoms with Gasteiger partial charge in [-0.2, -0.15) is 0 Å². The summed E-state index contributed by atoms with van der Waals surface area (Å²) in [6, 6.07) is 4.59. The van der Waals surface area contributed by atoms with E-state index in [4.69, 9.17) is 16.0 Å². The maximum atomic E-state index is 13.3. The molecule has 16 heavy (non-hydrogen) atoms. The fourth-order valence-corrected chi connectivity index (χ4v) is 1.67. The second-order valence-electron chi connectivity index (χ2n) is 3.26. The van der Waals surface area contributed by atoms with Crippen LogP contribution >= 0.6 is 11.6 Å². The summed E-state index contributed by atoms with van der Waals surface area (Å²) in [7, 11) is 1.80. The summed E-state index contributed by atoms with van der Waals surface area (Å²) in [6.45, 7) is 0.540. The zero-order valence-electron chi connectivity index (χ0n) is 8.63. The second-order valence-corrected chi connectivity index (χ2v) is 3.64. The quantitative estimate of drug-likeness (QED) is 0.897. The summed E-state index contributed by atoms with van der Waals surface area (Å²) in [5, 5.41) is 3.01. The first-order valence-electron chi connectivity index (χ1n) is 4.75. The van der Waals surface area contributed by atoms with Crippen molar-refractivity contribution in [2.24, 2.45) is 0 Å². The summed E-state index contributed by atoms with van der Waals surface area (Å²) in [4.78, 5) is 4.04. The van der Waals surface area contributed by atoms with Crippen molar-refractivity contribution >= 4 is 11.6 Å². The molecular formula is C11H10ClFN2O. The van der Waals surface area contributed by atoms with Gasteiger partial charge in [-0.05, 0) is 19.2 Å². The molecule has 0 radical (unpaired) electrons. The number of hydrogen-bond acceptors (Lipinski definition) is 3. The molecule has 1 aromatic carbocycles. The van der Waals surface area contributed by atoms with Gasteiger partial charge in [-0.3, -0.25) is 0 Å². The van der Waals surface area contributed by atoms with Crippen LogP contribution in [0.4, 0.5) is 4.39 Å². The molecule has 0 fully saturated rings. The van der Waals surface area contributed by atoms with Crippen molar-refractivity contribution in [3.05, 3.63) is 41.1 Å². The standard InChI is InChI=1S/C11H10ClFN2O/c1-14-5-9-11(16-6-15-9)7-3-2-4-8(13)10(7)12/h2-4,6,14H,5H2,1H3. The lowest BCUT2D eigenvalue weighted by Crippen LogP contribution is -2.06. The molecule has 5 heteroatoms. The molecule has 0 aliphatic carbocycles. The SMILES string of the molecule is CNCc1ncoc1-c1cccc(F)c1Cl. The summed E-state index contributed by atoms with van der Waals surface area (Å²) in [6.07, 6.45) is 1.32. The summed E-state index contributed by atoms with van der Waals surface area (Å²) < 4.78 is 18.5. The third kappa shape index (κ3) is 1.94. The smallest absolute Gasteiger partial charge is 0.181 e. The van der Waals surface area contributed by atoms with Crippen molar-refractivity contribution in [3.63, 3.8) is 0 Å². The lowest BCUT2D eigenvalue weighted by atomic mass is 10.1. The maximum absolute atomic E-state index is 13.3. The lowest BCUT2D eigenvalue weighted by Gasteiger charge is -2.03. The number of aromatic nitrogens is 1. The minimum absolute atomic E-state index is 0.0524. The van der Waals surface area contributed by atoms with Crippen LogP contribution in [0.1, 0.15) is 5.69 Å². The molecule has 0 amide bonds. The monoisotopic (exact) mass is 240 g/mol. The Kier molecular flexibility index (Phi) is 3.22. The van der Waals surface area contributed by atoms with Crippen molar-refractivity contribution in [2.45, 2.75) is 6.54 Å². The van der Waals surface area contributed by atoms with Gasteiger partial charge in [-0.1, -0.05) is 17.7 Å². The van der Waals surface area contributed by atoms with Crippen molar-refractivity contribution in [1.82, 2.24) is 10.3 Å². The molecule has 0 atom stereocenters. The van der Waals surface area contributed by atoms with Gasteiger partial charge in [-0.15, -0.1) is 0 Å². The molecule has 0 saturated carbocycles. The van der Waals surface area contributed by atoms with Gasteiger partial charge in [0.2, 0.25) is 0 Å². The van der Waals surface area contributed by atoms with Gasteiger partial charge < -0.3 is 9.73 Å². The van der Waals surface area contributed by atoms with Crippen molar-refractivity contribution < 1.29 is 8.81 Å². The fraction of sp³-hybridized carbons (Fsp3) is 0.182. The van der Waals surface area contributed by atoms with E-state index in [1.807, 2.05) is 0 Å². The molecular weight excluding hydrogens is 231 g/mol. The molecule has 0 spiro atoms. The third-order valence-corrected chi connectivity index (χ3v) is 2.57. The summed E-state index contributed by atoms with van der Waals surface area (Å²) >= 11 is 5.87. The van der Waals surface area contributed by atoms with E-state index in [2.05, 4.69) is 10.3 Å². The number of halogens is 2. The van der Waals surface area contributed by atoms with Crippen LogP contribution in [0.2, 0.25) is 5.02 Å². The van der Waals surface area contributed by atoms with E-state index in [0.717, 1.165) is 0 Å². The van der Waals surface area contributed by atoms with Crippen molar-refractivity contribution in [1.29, 1.82) is 0 Å². The van der Waals surface area contributed by atoms with Gasteiger partial charge in [0, 0.05) is 12.1 Å². The van der Waals surface area contributed by atoms with Crippen LogP contribution in [0.25, 0.3) is 11.3 Å². The maximum Gasteiger partial charge on any atom is 0.181 e. The first kappa shape index (κ1) is 11.1. The predicted octanol–water partition coefficient (Wildman–Crippen LogP) is 2.85. The van der Waals surface area contributed by atoms with E-state index in [9.17, 15) is 4.39 Å². The van der Waals surface area contributed by atoms with Gasteiger partial charge in [0.25, 0.3) is 0 Å². The highest BCUT2D eigenvalue weighted by atomic mass is 35.5. The zero-order chi connectivity index (χ0) is 11.5. The number of rotatable bonds is 3. The fourth-order valence-electron chi connectivity index (χ4n) is 1.46. The first-order chi connectivity index (χ1) is 7.74. The normalized spacial score (nSPS) is 10.7. The predicted molar refractivity (Wildman–Crippen MR) is 59.7 cm³/mol. The Bertz CT molecular complexity index is 498. The van der Waals surface area contributed by atoms with E-state index in [0.29, 0.717) is 23.6 Å². The van der Waals surface area contributed by atoms with Crippen LogP contribution in [0.15, 0.2) is 29.0 Å². The third-order valence-electron chi connectivity index (χ3n) is 2.18. The Morgan fingerprint density at radius 1 is 1.50 bits per heavy atom. The minimum Gasteiger partial charge on any atom is -0.443 e. The van der Waals surface area contributed by atoms with Crippen LogP contribution in [-0.2, 0) is 6.54 Å². The van der Waals surface area contributed by atoms with Crippen molar-refractivity contribution in [3.8, 4) is 11.3 Å². The molecule has 2 rings (SSSR count). The highest BCUT2D eigenvalue weighted by Gasteiger charge is 2.15. The Balaban J connectivity index is 2.50. The summed E-state index contributed by atoms with van der Waals surface area (Å²) in [5.74, 6) is 0.0322. The summed E-state index contributed by atoms with van der Waals surface area (Å²) in [5.41, 5.74) is 1.22. The topological polar surface area (TPSA) is 38.1 Å². The lowest BCUT2D eigenvalue weighted by molar-refractivity contribution is 0.568. The molecule has 84 valence electrons. The Morgan fingerprint density at radius 3 is 3.06 bits per heavy atom. The van der Waals surface area contributed by atoms with E-state index in [1.165, 1.54) is 12.5 Å². The first-order valence-corrected chi connectivity index (χ1v) is 5.13. The minimum atomic E-state index is -0.467. The number of nitrogens with one attached hydrogen (secondary N) is 1. The van der Waals surface area contributed by atoms with E-state index < -0.39 is 5.82 Å². The van der Waals surface area contributed by atoms with Gasteiger partial charge in [0.1, 0.15) is 11.5 Å². The largest absolute Gasteiger partial charge is 0.443 e. The molecule has 0 aliphatic rings. The van der Waals surface area contributed by atoms with Crippen LogP contribution < -0.4 is 5.32 Å². The number of hydrogen-bond donors (Lipinski definition) is 1. The molecule has 1 aromatic heterocycles. The Morgan fingerprint density at radius 2 is 2.31 bits per heavy atom. The molecule has 0 unspecified atom stereocenters. The van der Waals surface area contributed by atoms with E-state index in [-0.39, 0.29) is 5.02 Å². The molecule has 0 bridgehead atoms. The molecule has 0 aliphatic heterocycles. The van der Waals surface area contributed by atoms with E-state index in [1.54, 1.807) is 19.2 Å². The van der Waals surface area contributed by atoms with Gasteiger partial charge in [-0.25, -0.2) is 9.37 Å². The van der Waals surface area contributed by atoms with Crippen LogP contribution in [-0.4, -0.2) is 12.0 Å². The molecule has 2 aromatic rings. The highest BCUT2D eigenvalue weighted by Crippen LogP contribution is 2.31. The van der Waals surface area contributed by atoms with Gasteiger partial charge in [0.05, 0.1) is 5.02 Å². The molecule has 3 nitrogen and oxygen atoms in total. The zero-order valence-corrected chi connectivity index (χ0v) is 9.38. The average molecular weight is 241 g/mol. The van der Waals surface area contributed by atoms with Gasteiger partial charge >= 0.3 is 0 Å². The number of nitrogens with zero attached hydrogens (tertiary/aromatic N) is 1. The average Bonchev–Trinajstić information content (AvgIpc) is 2.71. The number of benzene rings is 1. The molecule has 1 N–H and O–H groups in total. The Labute approximate surface area is 97.3 Å². The Hall–Kier alpha value is -1.39. The second kappa shape index (κ2) is 4.63. The molecule has 1 heterocycles. The van der Waals surface area contributed by atoms with Crippen LogP contribution in [0.3, 0.4) is 0 Å². The highest BCUT2D eigenvalue weighted by molar-refractivity contribution is 6.33. The van der Waals surface area contributed by atoms with E-state index >= 15 is 0 Å². The number of oxazole rings is 1. The van der Waals surface area contributed by atoms with Crippen LogP contribution in [0.5, 0.6) is 0 Å². The molecule has 0 saturated heterocycles. The van der Waals surface area contributed by atoms with Crippen LogP contribution in [0, 0.1) is 5.82 Å². The van der Waals surface area contributed by atoms with Crippen molar-refractivity contribution in [2.75, 3.05) is 7.05 Å².